The summed E-state index contributed by atoms with van der Waals surface area (Å²) in [7, 11) is 3.96. The van der Waals surface area contributed by atoms with Gasteiger partial charge in [-0.25, -0.2) is 9.59 Å². The second kappa shape index (κ2) is 9.06. The average Bonchev–Trinajstić information content (AvgIpc) is 2.76. The lowest BCUT2D eigenvalue weighted by Gasteiger charge is -2.34. The second-order valence-corrected chi connectivity index (χ2v) is 6.61. The van der Waals surface area contributed by atoms with Gasteiger partial charge in [0, 0.05) is 25.0 Å². The summed E-state index contributed by atoms with van der Waals surface area (Å²) in [5.74, 6) is -1.47. The van der Waals surface area contributed by atoms with Gasteiger partial charge >= 0.3 is 11.9 Å². The molecule has 0 radical (unpaired) electrons. The van der Waals surface area contributed by atoms with E-state index in [4.69, 9.17) is 18.9 Å². The van der Waals surface area contributed by atoms with Gasteiger partial charge in [0.25, 0.3) is 5.91 Å². The molecule has 0 atom stereocenters. The first-order valence-corrected chi connectivity index (χ1v) is 9.19. The Kier molecular flexibility index (Phi) is 6.50. The van der Waals surface area contributed by atoms with Crippen LogP contribution in [0.3, 0.4) is 0 Å². The molecule has 0 N–H and O–H groups in total. The van der Waals surface area contributed by atoms with Crippen LogP contribution < -0.4 is 9.80 Å². The Balaban J connectivity index is 2.05. The topological polar surface area (TPSA) is 94.6 Å². The van der Waals surface area contributed by atoms with Crippen LogP contribution in [0.5, 0.6) is 0 Å². The average molecular weight is 404 g/mol. The molecule has 0 fully saturated rings. The van der Waals surface area contributed by atoms with Crippen molar-refractivity contribution >= 4 is 29.2 Å². The number of aryl methyl sites for hydroxylation is 1. The number of amides is 1. The summed E-state index contributed by atoms with van der Waals surface area (Å²) < 4.78 is 20.2. The summed E-state index contributed by atoms with van der Waals surface area (Å²) in [5, 5.41) is 0. The number of benzene rings is 1. The van der Waals surface area contributed by atoms with E-state index in [9.17, 15) is 14.4 Å². The van der Waals surface area contributed by atoms with Gasteiger partial charge in [-0.2, -0.15) is 0 Å². The first-order chi connectivity index (χ1) is 14.0. The number of esters is 2. The molecule has 0 unspecified atom stereocenters. The summed E-state index contributed by atoms with van der Waals surface area (Å²) in [6, 6.07) is 5.56. The number of nitrogens with zero attached hydrogens (tertiary/aromatic N) is 2. The number of ether oxygens (including phenoxy) is 4. The van der Waals surface area contributed by atoms with Gasteiger partial charge in [0.05, 0.1) is 26.4 Å². The van der Waals surface area contributed by atoms with E-state index in [0.717, 1.165) is 24.1 Å². The van der Waals surface area contributed by atoms with Gasteiger partial charge in [-0.3, -0.25) is 4.79 Å². The molecule has 1 aromatic rings. The van der Waals surface area contributed by atoms with E-state index in [1.807, 2.05) is 18.2 Å². The fourth-order valence-corrected chi connectivity index (χ4v) is 3.54. The molecule has 1 amide bonds. The number of methoxy groups -OCH3 is 3. The van der Waals surface area contributed by atoms with Gasteiger partial charge in [-0.05, 0) is 30.5 Å². The molecular weight excluding hydrogens is 380 g/mol. The summed E-state index contributed by atoms with van der Waals surface area (Å²) in [4.78, 5) is 40.3. The lowest BCUT2D eigenvalue weighted by Crippen LogP contribution is -2.40. The minimum absolute atomic E-state index is 0.0176. The predicted molar refractivity (Wildman–Crippen MR) is 103 cm³/mol. The fourth-order valence-electron chi connectivity index (χ4n) is 3.54. The molecule has 2 heterocycles. The second-order valence-electron chi connectivity index (χ2n) is 6.61. The van der Waals surface area contributed by atoms with Crippen LogP contribution in [0.25, 0.3) is 0 Å². The zero-order valence-corrected chi connectivity index (χ0v) is 16.7. The highest BCUT2D eigenvalue weighted by Gasteiger charge is 2.33. The van der Waals surface area contributed by atoms with Crippen LogP contribution >= 0.6 is 0 Å². The maximum atomic E-state index is 12.5. The molecule has 3 rings (SSSR count). The van der Waals surface area contributed by atoms with E-state index in [1.54, 1.807) is 9.80 Å². The fraction of sp³-hybridized carbons (Fsp3) is 0.450. The SMILES string of the molecule is COCC(=O)N1CCCc2ccc(N3COCC(C(=O)OC)=C3C(=O)OC)cc21. The minimum Gasteiger partial charge on any atom is -0.466 e. The predicted octanol–water partition coefficient (Wildman–Crippen LogP) is 1.01. The summed E-state index contributed by atoms with van der Waals surface area (Å²) in [5.41, 5.74) is 2.53. The van der Waals surface area contributed by atoms with Crippen molar-refractivity contribution in [1.82, 2.24) is 0 Å². The third-order valence-corrected chi connectivity index (χ3v) is 4.90. The van der Waals surface area contributed by atoms with Gasteiger partial charge in [0.15, 0.2) is 0 Å². The zero-order valence-electron chi connectivity index (χ0n) is 16.7. The molecule has 0 spiro atoms. The minimum atomic E-state index is -0.668. The highest BCUT2D eigenvalue weighted by Crippen LogP contribution is 2.34. The molecule has 29 heavy (non-hydrogen) atoms. The molecule has 156 valence electrons. The van der Waals surface area contributed by atoms with Crippen LogP contribution in [0.15, 0.2) is 29.5 Å². The summed E-state index contributed by atoms with van der Waals surface area (Å²) in [6.45, 7) is 0.561. The van der Waals surface area contributed by atoms with Crippen molar-refractivity contribution < 1.29 is 33.3 Å². The molecule has 2 aliphatic heterocycles. The highest BCUT2D eigenvalue weighted by atomic mass is 16.5. The third-order valence-electron chi connectivity index (χ3n) is 4.90. The first kappa shape index (κ1) is 20.8. The van der Waals surface area contributed by atoms with Crippen molar-refractivity contribution in [3.05, 3.63) is 35.0 Å². The van der Waals surface area contributed by atoms with Crippen LogP contribution in [-0.4, -0.2) is 65.7 Å². The van der Waals surface area contributed by atoms with Gasteiger partial charge < -0.3 is 28.7 Å². The molecule has 0 aliphatic carbocycles. The summed E-state index contributed by atoms with van der Waals surface area (Å²) in [6.07, 6.45) is 1.70. The van der Waals surface area contributed by atoms with Crippen LogP contribution in [0.4, 0.5) is 11.4 Å². The molecular formula is C20H24N2O7. The molecule has 0 saturated carbocycles. The lowest BCUT2D eigenvalue weighted by molar-refractivity contribution is -0.140. The largest absolute Gasteiger partial charge is 0.466 e. The Morgan fingerprint density at radius 2 is 1.86 bits per heavy atom. The Morgan fingerprint density at radius 1 is 1.10 bits per heavy atom. The standard InChI is InChI=1S/C20H24N2O7/c1-26-11-17(23)21-8-4-5-13-6-7-14(9-16(13)21)22-12-29-10-15(19(24)27-2)18(22)20(25)28-3/h6-7,9H,4-5,8,10-12H2,1-3H3. The normalized spacial score (nSPS) is 16.4. The van der Waals surface area contributed by atoms with Gasteiger partial charge in [0.2, 0.25) is 0 Å². The molecule has 9 nitrogen and oxygen atoms in total. The Morgan fingerprint density at radius 3 is 2.55 bits per heavy atom. The van der Waals surface area contributed by atoms with Crippen molar-refractivity contribution in [3.8, 4) is 0 Å². The van der Waals surface area contributed by atoms with E-state index >= 15 is 0 Å². The van der Waals surface area contributed by atoms with E-state index < -0.39 is 11.9 Å². The van der Waals surface area contributed by atoms with Crippen LogP contribution in [0.1, 0.15) is 12.0 Å². The monoisotopic (exact) mass is 404 g/mol. The number of carbonyl (C=O) groups is 3. The van der Waals surface area contributed by atoms with E-state index in [-0.39, 0.29) is 37.1 Å². The van der Waals surface area contributed by atoms with Crippen LogP contribution in [0, 0.1) is 0 Å². The molecule has 0 saturated heterocycles. The van der Waals surface area contributed by atoms with Crippen molar-refractivity contribution in [3.63, 3.8) is 0 Å². The molecule has 0 bridgehead atoms. The van der Waals surface area contributed by atoms with Crippen molar-refractivity contribution in [2.24, 2.45) is 0 Å². The first-order valence-electron chi connectivity index (χ1n) is 9.19. The van der Waals surface area contributed by atoms with E-state index in [2.05, 4.69) is 0 Å². The zero-order chi connectivity index (χ0) is 21.0. The molecule has 9 heteroatoms. The van der Waals surface area contributed by atoms with Crippen molar-refractivity contribution in [2.75, 3.05) is 57.6 Å². The maximum Gasteiger partial charge on any atom is 0.355 e. The number of carbonyl (C=O) groups excluding carboxylic acids is 3. The third kappa shape index (κ3) is 4.10. The number of anilines is 2. The smallest absolute Gasteiger partial charge is 0.355 e. The Labute approximate surface area is 168 Å². The van der Waals surface area contributed by atoms with Crippen LogP contribution in [0.2, 0.25) is 0 Å². The number of hydrogen-bond acceptors (Lipinski definition) is 8. The number of hydrogen-bond donors (Lipinski definition) is 0. The maximum absolute atomic E-state index is 12.5. The molecule has 2 aliphatic rings. The Bertz CT molecular complexity index is 849. The quantitative estimate of drug-likeness (QED) is 0.671. The van der Waals surface area contributed by atoms with E-state index in [0.29, 0.717) is 12.2 Å². The van der Waals surface area contributed by atoms with Crippen molar-refractivity contribution in [1.29, 1.82) is 0 Å². The van der Waals surface area contributed by atoms with Gasteiger partial charge in [0.1, 0.15) is 19.0 Å². The van der Waals surface area contributed by atoms with Gasteiger partial charge in [-0.15, -0.1) is 0 Å². The highest BCUT2D eigenvalue weighted by molar-refractivity contribution is 6.03. The van der Waals surface area contributed by atoms with E-state index in [1.165, 1.54) is 21.3 Å². The van der Waals surface area contributed by atoms with Crippen LogP contribution in [-0.2, 0) is 39.8 Å². The number of fused-ring (bicyclic) bond motifs is 1. The molecule has 1 aromatic carbocycles. The van der Waals surface area contributed by atoms with Gasteiger partial charge in [-0.1, -0.05) is 6.07 Å². The summed E-state index contributed by atoms with van der Waals surface area (Å²) >= 11 is 0. The van der Waals surface area contributed by atoms with Crippen molar-refractivity contribution in [2.45, 2.75) is 12.8 Å². The lowest BCUT2D eigenvalue weighted by atomic mass is 10.0. The number of rotatable bonds is 5. The molecule has 0 aromatic heterocycles. The Hall–Kier alpha value is -2.91.